The molecule has 2 aliphatic rings. The summed E-state index contributed by atoms with van der Waals surface area (Å²) in [6, 6.07) is 6.70. The van der Waals surface area contributed by atoms with E-state index in [0.717, 1.165) is 6.54 Å². The van der Waals surface area contributed by atoms with Crippen LogP contribution in [0.25, 0.3) is 0 Å². The lowest BCUT2D eigenvalue weighted by atomic mass is 9.90. The van der Waals surface area contributed by atoms with E-state index in [0.29, 0.717) is 12.2 Å². The lowest BCUT2D eigenvalue weighted by Gasteiger charge is -2.21. The predicted molar refractivity (Wildman–Crippen MR) is 75.1 cm³/mol. The lowest BCUT2D eigenvalue weighted by Crippen LogP contribution is -2.21. The second-order valence-corrected chi connectivity index (χ2v) is 5.68. The normalized spacial score (nSPS) is 26.9. The molecule has 1 N–H and O–H groups in total. The number of benzene rings is 1. The molecule has 0 saturated carbocycles. The highest BCUT2D eigenvalue weighted by Crippen LogP contribution is 2.28. The summed E-state index contributed by atoms with van der Waals surface area (Å²) in [6.45, 7) is 3.13. The minimum Gasteiger partial charge on any atom is -0.382 e. The molecule has 2 atom stereocenters. The van der Waals surface area contributed by atoms with Crippen molar-refractivity contribution >= 4 is 5.69 Å². The zero-order valence-electron chi connectivity index (χ0n) is 11.2. The summed E-state index contributed by atoms with van der Waals surface area (Å²) in [7, 11) is 0. The molecule has 2 unspecified atom stereocenters. The van der Waals surface area contributed by atoms with Crippen LogP contribution in [0.2, 0.25) is 0 Å². The van der Waals surface area contributed by atoms with E-state index < -0.39 is 0 Å². The number of hydrogen-bond acceptors (Lipinski definition) is 2. The van der Waals surface area contributed by atoms with Gasteiger partial charge in [-0.15, -0.1) is 0 Å². The van der Waals surface area contributed by atoms with Crippen LogP contribution in [0.1, 0.15) is 43.7 Å². The molecule has 1 fully saturated rings. The van der Waals surface area contributed by atoms with E-state index in [1.807, 2.05) is 0 Å². The molecule has 0 bridgehead atoms. The van der Waals surface area contributed by atoms with Gasteiger partial charge < -0.3 is 10.1 Å². The molecule has 0 spiro atoms. The van der Waals surface area contributed by atoms with Gasteiger partial charge in [0.25, 0.3) is 0 Å². The highest BCUT2D eigenvalue weighted by molar-refractivity contribution is 5.55. The minimum absolute atomic E-state index is 0.402. The summed E-state index contributed by atoms with van der Waals surface area (Å²) in [5, 5.41) is 3.61. The Morgan fingerprint density at radius 1 is 1.22 bits per heavy atom. The van der Waals surface area contributed by atoms with Gasteiger partial charge in [0.1, 0.15) is 0 Å². The largest absolute Gasteiger partial charge is 0.382 e. The molecule has 2 nitrogen and oxygen atoms in total. The first kappa shape index (κ1) is 12.0. The Kier molecular flexibility index (Phi) is 3.55. The van der Waals surface area contributed by atoms with Crippen LogP contribution in [0.5, 0.6) is 0 Å². The Labute approximate surface area is 110 Å². The first-order valence-electron chi connectivity index (χ1n) is 7.33. The predicted octanol–water partition coefficient (Wildman–Crippen LogP) is 3.54. The van der Waals surface area contributed by atoms with Crippen molar-refractivity contribution in [2.24, 2.45) is 0 Å². The van der Waals surface area contributed by atoms with Gasteiger partial charge in [0.05, 0.1) is 12.2 Å². The van der Waals surface area contributed by atoms with Crippen LogP contribution in [0.15, 0.2) is 18.2 Å². The second kappa shape index (κ2) is 5.31. The zero-order chi connectivity index (χ0) is 12.4. The van der Waals surface area contributed by atoms with Gasteiger partial charge >= 0.3 is 0 Å². The molecule has 0 radical (unpaired) electrons. The van der Waals surface area contributed by atoms with Gasteiger partial charge in [0.2, 0.25) is 0 Å². The molecule has 2 heteroatoms. The van der Waals surface area contributed by atoms with E-state index >= 15 is 0 Å². The summed E-state index contributed by atoms with van der Waals surface area (Å²) in [4.78, 5) is 0. The molecule has 0 aromatic heterocycles. The van der Waals surface area contributed by atoms with Crippen LogP contribution in [0, 0.1) is 0 Å². The fourth-order valence-corrected chi connectivity index (χ4v) is 3.21. The van der Waals surface area contributed by atoms with Crippen LogP contribution in [0.4, 0.5) is 5.69 Å². The maximum absolute atomic E-state index is 5.86. The molecule has 1 saturated heterocycles. The van der Waals surface area contributed by atoms with Crippen LogP contribution in [0.3, 0.4) is 0 Å². The zero-order valence-corrected chi connectivity index (χ0v) is 11.2. The van der Waals surface area contributed by atoms with Crippen molar-refractivity contribution in [2.45, 2.75) is 57.7 Å². The summed E-state index contributed by atoms with van der Waals surface area (Å²) < 4.78 is 5.86. The Morgan fingerprint density at radius 2 is 2.11 bits per heavy atom. The second-order valence-electron chi connectivity index (χ2n) is 5.68. The number of fused-ring (bicyclic) bond motifs is 1. The molecule has 1 aliphatic carbocycles. The Bertz CT molecular complexity index is 416. The maximum atomic E-state index is 5.86. The van der Waals surface area contributed by atoms with Crippen LogP contribution < -0.4 is 5.32 Å². The Balaban J connectivity index is 1.65. The number of anilines is 1. The molecule has 1 aromatic carbocycles. The molecule has 1 aliphatic heterocycles. The van der Waals surface area contributed by atoms with Crippen LogP contribution in [-0.4, -0.2) is 18.8 Å². The topological polar surface area (TPSA) is 21.3 Å². The fourth-order valence-electron chi connectivity index (χ4n) is 3.21. The van der Waals surface area contributed by atoms with E-state index in [1.54, 1.807) is 11.1 Å². The van der Waals surface area contributed by atoms with Crippen molar-refractivity contribution in [1.29, 1.82) is 0 Å². The first-order valence-corrected chi connectivity index (χ1v) is 7.33. The summed E-state index contributed by atoms with van der Waals surface area (Å²) in [5.41, 5.74) is 4.44. The van der Waals surface area contributed by atoms with Gasteiger partial charge in [-0.3, -0.25) is 0 Å². The minimum atomic E-state index is 0.402. The summed E-state index contributed by atoms with van der Waals surface area (Å²) in [6.07, 6.45) is 8.42. The monoisotopic (exact) mass is 245 g/mol. The van der Waals surface area contributed by atoms with E-state index in [2.05, 4.69) is 30.4 Å². The van der Waals surface area contributed by atoms with Gasteiger partial charge in [-0.25, -0.2) is 0 Å². The lowest BCUT2D eigenvalue weighted by molar-refractivity contribution is 0.0637. The number of rotatable bonds is 3. The standard InChI is InChI=1S/C16H23NO/c1-12-9-10-14(18-12)11-17-16-8-4-6-13-5-2-3-7-15(13)16/h4,6,8,12,14,17H,2-3,5,7,9-11H2,1H3. The van der Waals surface area contributed by atoms with E-state index in [4.69, 9.17) is 4.74 Å². The average Bonchev–Trinajstić information content (AvgIpc) is 2.82. The molecule has 1 heterocycles. The molecule has 18 heavy (non-hydrogen) atoms. The molecule has 1 aromatic rings. The smallest absolute Gasteiger partial charge is 0.0751 e. The van der Waals surface area contributed by atoms with Crippen molar-refractivity contribution in [3.05, 3.63) is 29.3 Å². The number of nitrogens with one attached hydrogen (secondary N) is 1. The molecular weight excluding hydrogens is 222 g/mol. The summed E-state index contributed by atoms with van der Waals surface area (Å²) in [5.74, 6) is 0. The van der Waals surface area contributed by atoms with Crippen molar-refractivity contribution in [3.63, 3.8) is 0 Å². The third-order valence-corrected chi connectivity index (χ3v) is 4.24. The van der Waals surface area contributed by atoms with E-state index in [9.17, 15) is 0 Å². The highest BCUT2D eigenvalue weighted by Gasteiger charge is 2.22. The summed E-state index contributed by atoms with van der Waals surface area (Å²) >= 11 is 0. The molecular formula is C16H23NO. The van der Waals surface area contributed by atoms with Crippen LogP contribution in [-0.2, 0) is 17.6 Å². The van der Waals surface area contributed by atoms with Gasteiger partial charge in [0, 0.05) is 12.2 Å². The Morgan fingerprint density at radius 3 is 2.94 bits per heavy atom. The quantitative estimate of drug-likeness (QED) is 0.879. The van der Waals surface area contributed by atoms with Crippen LogP contribution >= 0.6 is 0 Å². The molecule has 3 rings (SSSR count). The number of aryl methyl sites for hydroxylation is 1. The van der Waals surface area contributed by atoms with Gasteiger partial charge in [-0.05, 0) is 62.6 Å². The van der Waals surface area contributed by atoms with Crippen molar-refractivity contribution < 1.29 is 4.74 Å². The Hall–Kier alpha value is -1.02. The maximum Gasteiger partial charge on any atom is 0.0751 e. The molecule has 98 valence electrons. The van der Waals surface area contributed by atoms with Crippen molar-refractivity contribution in [1.82, 2.24) is 0 Å². The highest BCUT2D eigenvalue weighted by atomic mass is 16.5. The van der Waals surface area contributed by atoms with Crippen molar-refractivity contribution in [2.75, 3.05) is 11.9 Å². The van der Waals surface area contributed by atoms with E-state index in [-0.39, 0.29) is 0 Å². The van der Waals surface area contributed by atoms with Crippen molar-refractivity contribution in [3.8, 4) is 0 Å². The fraction of sp³-hybridized carbons (Fsp3) is 0.625. The third kappa shape index (κ3) is 2.54. The van der Waals surface area contributed by atoms with E-state index in [1.165, 1.54) is 44.2 Å². The average molecular weight is 245 g/mol. The van der Waals surface area contributed by atoms with Gasteiger partial charge in [-0.1, -0.05) is 12.1 Å². The third-order valence-electron chi connectivity index (χ3n) is 4.24. The van der Waals surface area contributed by atoms with Gasteiger partial charge in [0.15, 0.2) is 0 Å². The number of hydrogen-bond donors (Lipinski definition) is 1. The SMILES string of the molecule is CC1CCC(CNc2cccc3c2CCCC3)O1. The number of ether oxygens (including phenoxy) is 1. The molecule has 0 amide bonds. The first-order chi connectivity index (χ1) is 8.83. The van der Waals surface area contributed by atoms with Gasteiger partial charge in [-0.2, -0.15) is 0 Å².